The summed E-state index contributed by atoms with van der Waals surface area (Å²) < 4.78 is 27.9. The first-order chi connectivity index (χ1) is 18.7. The number of hydrogen-bond acceptors (Lipinski definition) is 9. The first kappa shape index (κ1) is 23.8. The van der Waals surface area contributed by atoms with E-state index in [1.807, 2.05) is 48.5 Å². The van der Waals surface area contributed by atoms with E-state index in [1.54, 1.807) is 13.3 Å². The van der Waals surface area contributed by atoms with Gasteiger partial charge < -0.3 is 28.6 Å². The molecule has 0 spiro atoms. The summed E-state index contributed by atoms with van der Waals surface area (Å²) in [5.74, 6) is 3.48. The van der Waals surface area contributed by atoms with Crippen molar-refractivity contribution < 1.29 is 23.7 Å². The summed E-state index contributed by atoms with van der Waals surface area (Å²) in [6.07, 6.45) is 2.31. The molecule has 0 amide bonds. The minimum atomic E-state index is 0.237. The van der Waals surface area contributed by atoms with Crippen LogP contribution in [0.1, 0.15) is 22.3 Å². The lowest BCUT2D eigenvalue weighted by atomic mass is 9.98. The fourth-order valence-corrected chi connectivity index (χ4v) is 4.68. The molecule has 9 heteroatoms. The van der Waals surface area contributed by atoms with Gasteiger partial charge >= 0.3 is 0 Å². The van der Waals surface area contributed by atoms with Crippen LogP contribution in [0.5, 0.6) is 23.0 Å². The zero-order valence-electron chi connectivity index (χ0n) is 21.0. The van der Waals surface area contributed by atoms with Gasteiger partial charge in [0.15, 0.2) is 23.0 Å². The highest BCUT2D eigenvalue weighted by Crippen LogP contribution is 2.34. The standard InChI is InChI=1S/C29H26N4O5/c1-34-26-13-19(2-6-24(26)36-17-20-3-7-25-27(14-20)38-18-37-25)12-21-4-5-23-29(22(21)15-30)32-28(16-31-23)33-8-10-35-11-9-33/h2-7,13-14,16H,8-12,17-18H2,1H3. The van der Waals surface area contributed by atoms with Gasteiger partial charge in [0.2, 0.25) is 6.79 Å². The Labute approximate surface area is 220 Å². The second-order valence-corrected chi connectivity index (χ2v) is 9.05. The highest BCUT2D eigenvalue weighted by molar-refractivity contribution is 5.83. The zero-order chi connectivity index (χ0) is 25.9. The van der Waals surface area contributed by atoms with Crippen LogP contribution in [0.15, 0.2) is 54.7 Å². The predicted molar refractivity (Wildman–Crippen MR) is 140 cm³/mol. The molecule has 1 fully saturated rings. The third-order valence-electron chi connectivity index (χ3n) is 6.69. The molecule has 0 saturated carbocycles. The molecule has 2 aliphatic rings. The van der Waals surface area contributed by atoms with Crippen LogP contribution in [0, 0.1) is 11.3 Å². The quantitative estimate of drug-likeness (QED) is 0.361. The first-order valence-electron chi connectivity index (χ1n) is 12.4. The molecule has 6 rings (SSSR count). The van der Waals surface area contributed by atoms with Gasteiger partial charge in [-0.25, -0.2) is 4.98 Å². The number of nitrogens with zero attached hydrogens (tertiary/aromatic N) is 4. The number of ether oxygens (including phenoxy) is 5. The summed E-state index contributed by atoms with van der Waals surface area (Å²) in [6, 6.07) is 17.8. The van der Waals surface area contributed by atoms with Crippen LogP contribution in [0.3, 0.4) is 0 Å². The summed E-state index contributed by atoms with van der Waals surface area (Å²) in [6.45, 7) is 3.42. The topological polar surface area (TPSA) is 99.0 Å². The second kappa shape index (κ2) is 10.4. The molecular weight excluding hydrogens is 484 g/mol. The predicted octanol–water partition coefficient (Wildman–Crippen LogP) is 4.25. The maximum Gasteiger partial charge on any atom is 0.231 e. The Bertz CT molecular complexity index is 1530. The Morgan fingerprint density at radius 2 is 1.82 bits per heavy atom. The van der Waals surface area contributed by atoms with Gasteiger partial charge in [-0.1, -0.05) is 18.2 Å². The number of benzene rings is 3. The highest BCUT2D eigenvalue weighted by atomic mass is 16.7. The van der Waals surface area contributed by atoms with Crippen LogP contribution < -0.4 is 23.8 Å². The van der Waals surface area contributed by atoms with E-state index in [0.29, 0.717) is 54.3 Å². The van der Waals surface area contributed by atoms with Crippen molar-refractivity contribution in [1.29, 1.82) is 5.26 Å². The normalized spacial score (nSPS) is 14.4. The smallest absolute Gasteiger partial charge is 0.231 e. The van der Waals surface area contributed by atoms with Crippen LogP contribution in [-0.4, -0.2) is 50.2 Å². The van der Waals surface area contributed by atoms with Crippen molar-refractivity contribution in [3.05, 3.63) is 77.0 Å². The molecule has 4 aromatic rings. The van der Waals surface area contributed by atoms with Gasteiger partial charge in [-0.05, 0) is 53.4 Å². The van der Waals surface area contributed by atoms with Crippen LogP contribution in [0.25, 0.3) is 11.0 Å². The van der Waals surface area contributed by atoms with E-state index in [4.69, 9.17) is 28.7 Å². The number of aromatic nitrogens is 2. The lowest BCUT2D eigenvalue weighted by molar-refractivity contribution is 0.122. The van der Waals surface area contributed by atoms with E-state index in [0.717, 1.165) is 47.1 Å². The fraction of sp³-hybridized carbons (Fsp3) is 0.276. The summed E-state index contributed by atoms with van der Waals surface area (Å²) in [4.78, 5) is 11.5. The molecule has 3 heterocycles. The number of anilines is 1. The lowest BCUT2D eigenvalue weighted by Gasteiger charge is -2.27. The van der Waals surface area contributed by atoms with E-state index >= 15 is 0 Å². The molecule has 0 unspecified atom stereocenters. The van der Waals surface area contributed by atoms with Gasteiger partial charge in [0, 0.05) is 13.1 Å². The molecule has 1 aromatic heterocycles. The van der Waals surface area contributed by atoms with Crippen LogP contribution in [0.2, 0.25) is 0 Å². The van der Waals surface area contributed by atoms with E-state index in [-0.39, 0.29) is 6.79 Å². The van der Waals surface area contributed by atoms with Gasteiger partial charge in [-0.3, -0.25) is 4.98 Å². The zero-order valence-corrected chi connectivity index (χ0v) is 21.0. The van der Waals surface area contributed by atoms with E-state index in [9.17, 15) is 5.26 Å². The van der Waals surface area contributed by atoms with Crippen molar-refractivity contribution in [3.8, 4) is 29.1 Å². The Morgan fingerprint density at radius 1 is 0.974 bits per heavy atom. The Morgan fingerprint density at radius 3 is 2.66 bits per heavy atom. The summed E-state index contributed by atoms with van der Waals surface area (Å²) in [5, 5.41) is 10.1. The van der Waals surface area contributed by atoms with Crippen molar-refractivity contribution in [3.63, 3.8) is 0 Å². The molecule has 3 aromatic carbocycles. The molecule has 0 aliphatic carbocycles. The van der Waals surface area contributed by atoms with E-state index in [1.165, 1.54) is 0 Å². The van der Waals surface area contributed by atoms with Crippen molar-refractivity contribution in [2.75, 3.05) is 45.1 Å². The molecule has 38 heavy (non-hydrogen) atoms. The van der Waals surface area contributed by atoms with Crippen molar-refractivity contribution in [2.45, 2.75) is 13.0 Å². The van der Waals surface area contributed by atoms with E-state index in [2.05, 4.69) is 16.0 Å². The van der Waals surface area contributed by atoms with Crippen LogP contribution in [0.4, 0.5) is 5.82 Å². The number of morpholine rings is 1. The maximum atomic E-state index is 10.1. The number of rotatable bonds is 7. The Balaban J connectivity index is 1.22. The molecule has 192 valence electrons. The average Bonchev–Trinajstić information content (AvgIpc) is 3.44. The minimum absolute atomic E-state index is 0.237. The van der Waals surface area contributed by atoms with Gasteiger partial charge in [0.1, 0.15) is 24.0 Å². The number of fused-ring (bicyclic) bond motifs is 2. The molecule has 0 bridgehead atoms. The fourth-order valence-electron chi connectivity index (χ4n) is 4.68. The molecule has 1 saturated heterocycles. The average molecular weight is 511 g/mol. The Hall–Kier alpha value is -4.55. The highest BCUT2D eigenvalue weighted by Gasteiger charge is 2.17. The van der Waals surface area contributed by atoms with Gasteiger partial charge in [0.25, 0.3) is 0 Å². The van der Waals surface area contributed by atoms with Crippen molar-refractivity contribution >= 4 is 16.9 Å². The molecule has 2 aliphatic heterocycles. The largest absolute Gasteiger partial charge is 0.493 e. The lowest BCUT2D eigenvalue weighted by Crippen LogP contribution is -2.36. The number of nitriles is 1. The van der Waals surface area contributed by atoms with Crippen LogP contribution in [-0.2, 0) is 17.8 Å². The van der Waals surface area contributed by atoms with E-state index < -0.39 is 0 Å². The minimum Gasteiger partial charge on any atom is -0.493 e. The third kappa shape index (κ3) is 4.74. The molecular formula is C29H26N4O5. The maximum absolute atomic E-state index is 10.1. The Kier molecular flexibility index (Phi) is 6.54. The molecule has 0 radical (unpaired) electrons. The number of methoxy groups -OCH3 is 1. The summed E-state index contributed by atoms with van der Waals surface area (Å²) in [5.41, 5.74) is 4.69. The van der Waals surface area contributed by atoms with Crippen molar-refractivity contribution in [2.24, 2.45) is 0 Å². The molecule has 0 N–H and O–H groups in total. The SMILES string of the molecule is COc1cc(Cc2ccc3ncc(N4CCOCC4)nc3c2C#N)ccc1OCc1ccc2c(c1)OCO2. The molecule has 9 nitrogen and oxygen atoms in total. The summed E-state index contributed by atoms with van der Waals surface area (Å²) >= 11 is 0. The number of hydrogen-bond donors (Lipinski definition) is 0. The third-order valence-corrected chi connectivity index (χ3v) is 6.69. The van der Waals surface area contributed by atoms with Crippen molar-refractivity contribution in [1.82, 2.24) is 9.97 Å². The monoisotopic (exact) mass is 510 g/mol. The molecule has 0 atom stereocenters. The summed E-state index contributed by atoms with van der Waals surface area (Å²) in [7, 11) is 1.62. The van der Waals surface area contributed by atoms with Gasteiger partial charge in [0.05, 0.1) is 37.6 Å². The second-order valence-electron chi connectivity index (χ2n) is 9.05. The van der Waals surface area contributed by atoms with Crippen LogP contribution >= 0.6 is 0 Å². The van der Waals surface area contributed by atoms with Gasteiger partial charge in [-0.15, -0.1) is 0 Å². The van der Waals surface area contributed by atoms with Gasteiger partial charge in [-0.2, -0.15) is 5.26 Å². The first-order valence-corrected chi connectivity index (χ1v) is 12.4.